The van der Waals surface area contributed by atoms with Crippen LogP contribution in [0.4, 0.5) is 0 Å². The summed E-state index contributed by atoms with van der Waals surface area (Å²) in [6.07, 6.45) is 5.52. The average Bonchev–Trinajstić information content (AvgIpc) is 3.13. The lowest BCUT2D eigenvalue weighted by Crippen LogP contribution is -2.48. The minimum absolute atomic E-state index is 0.0604. The minimum Gasteiger partial charge on any atom is -0.322 e. The number of hydrogen-bond donors (Lipinski definition) is 1. The Bertz CT molecular complexity index is 592. The molecular weight excluding hydrogens is 290 g/mol. The van der Waals surface area contributed by atoms with Crippen LogP contribution >= 0.6 is 0 Å². The maximum absolute atomic E-state index is 12.8. The Hall–Kier alpha value is -1.67. The fourth-order valence-electron chi connectivity index (χ4n) is 4.35. The molecule has 5 nitrogen and oxygen atoms in total. The molecule has 1 heterocycles. The first-order valence-electron chi connectivity index (χ1n) is 8.61. The topological polar surface area (TPSA) is 87.2 Å². The van der Waals surface area contributed by atoms with Crippen molar-refractivity contribution in [2.24, 2.45) is 23.5 Å². The normalized spacial score (nSPS) is 38.0. The number of nitrogens with zero attached hydrogens (tertiary/aromatic N) is 2. The molecule has 2 N–H and O–H groups in total. The smallest absolute Gasteiger partial charge is 0.245 e. The number of carbonyl (C=O) groups excluding carboxylic acids is 2. The molecule has 0 aromatic carbocycles. The zero-order valence-corrected chi connectivity index (χ0v) is 13.9. The maximum atomic E-state index is 12.8. The van der Waals surface area contributed by atoms with Gasteiger partial charge in [-0.25, -0.2) is 0 Å². The molecule has 124 valence electrons. The zero-order chi connectivity index (χ0) is 16.7. The van der Waals surface area contributed by atoms with E-state index >= 15 is 0 Å². The molecular formula is C18H25N3O2. The molecule has 3 aliphatic rings. The third-order valence-corrected chi connectivity index (χ3v) is 5.46. The van der Waals surface area contributed by atoms with E-state index in [0.717, 1.165) is 24.8 Å². The molecule has 2 fully saturated rings. The van der Waals surface area contributed by atoms with Crippen LogP contribution in [0.2, 0.25) is 0 Å². The van der Waals surface area contributed by atoms with E-state index in [4.69, 9.17) is 5.73 Å². The number of rotatable bonds is 2. The van der Waals surface area contributed by atoms with Crippen LogP contribution in [-0.2, 0) is 9.59 Å². The van der Waals surface area contributed by atoms with Gasteiger partial charge in [0.2, 0.25) is 5.91 Å². The summed E-state index contributed by atoms with van der Waals surface area (Å²) in [7, 11) is 0. The van der Waals surface area contributed by atoms with Crippen LogP contribution in [0.3, 0.4) is 0 Å². The Morgan fingerprint density at radius 3 is 2.70 bits per heavy atom. The highest BCUT2D eigenvalue weighted by Gasteiger charge is 2.54. The monoisotopic (exact) mass is 315 g/mol. The molecule has 1 amide bonds. The van der Waals surface area contributed by atoms with Crippen molar-refractivity contribution in [3.05, 3.63) is 11.6 Å². The van der Waals surface area contributed by atoms with Gasteiger partial charge in [0.25, 0.3) is 0 Å². The van der Waals surface area contributed by atoms with Gasteiger partial charge in [0.15, 0.2) is 5.78 Å². The SMILES string of the molecule is CC1CC(=O)C=C(C(N)C(=O)N2C(C#N)CC3CC32)CC(C)C1. The van der Waals surface area contributed by atoms with Crippen molar-refractivity contribution < 1.29 is 9.59 Å². The molecule has 2 aliphatic carbocycles. The first-order chi connectivity index (χ1) is 10.9. The summed E-state index contributed by atoms with van der Waals surface area (Å²) in [6, 6.07) is 1.28. The first-order valence-corrected chi connectivity index (χ1v) is 8.61. The second-order valence-corrected chi connectivity index (χ2v) is 7.71. The molecule has 3 rings (SSSR count). The lowest BCUT2D eigenvalue weighted by molar-refractivity contribution is -0.132. The zero-order valence-electron chi connectivity index (χ0n) is 13.9. The summed E-state index contributed by atoms with van der Waals surface area (Å²) < 4.78 is 0. The van der Waals surface area contributed by atoms with Gasteiger partial charge in [-0.2, -0.15) is 5.26 Å². The van der Waals surface area contributed by atoms with Crippen LogP contribution < -0.4 is 5.73 Å². The first kappa shape index (κ1) is 16.2. The van der Waals surface area contributed by atoms with Crippen LogP contribution in [0.15, 0.2) is 11.6 Å². The summed E-state index contributed by atoms with van der Waals surface area (Å²) in [5.41, 5.74) is 6.96. The lowest BCUT2D eigenvalue weighted by atomic mass is 9.83. The third kappa shape index (κ3) is 3.18. The number of fused-ring (bicyclic) bond motifs is 1. The fraction of sp³-hybridized carbons (Fsp3) is 0.722. The number of hydrogen-bond acceptors (Lipinski definition) is 4. The maximum Gasteiger partial charge on any atom is 0.245 e. The number of ketones is 1. The molecule has 1 aliphatic heterocycles. The van der Waals surface area contributed by atoms with Gasteiger partial charge in [-0.05, 0) is 55.1 Å². The van der Waals surface area contributed by atoms with Crippen LogP contribution in [0.5, 0.6) is 0 Å². The summed E-state index contributed by atoms with van der Waals surface area (Å²) >= 11 is 0. The molecule has 0 spiro atoms. The summed E-state index contributed by atoms with van der Waals surface area (Å²) in [5, 5.41) is 9.26. The Morgan fingerprint density at radius 2 is 2.00 bits per heavy atom. The van der Waals surface area contributed by atoms with E-state index in [1.165, 1.54) is 0 Å². The average molecular weight is 315 g/mol. The van der Waals surface area contributed by atoms with E-state index in [1.807, 2.05) is 0 Å². The molecule has 1 saturated heterocycles. The standard InChI is InChI=1S/C18H25N3O2/c1-10-3-11(2)5-15(22)7-13(4-10)17(20)18(23)21-14(9-19)6-12-8-16(12)21/h7,10-12,14,16-17H,3-6,8,20H2,1-2H3. The van der Waals surface area contributed by atoms with E-state index in [9.17, 15) is 14.9 Å². The van der Waals surface area contributed by atoms with Crippen LogP contribution in [0.1, 0.15) is 46.0 Å². The van der Waals surface area contributed by atoms with E-state index < -0.39 is 6.04 Å². The number of allylic oxidation sites excluding steroid dienone is 1. The van der Waals surface area contributed by atoms with Crippen molar-refractivity contribution in [1.29, 1.82) is 5.26 Å². The highest BCUT2D eigenvalue weighted by molar-refractivity contribution is 5.93. The summed E-state index contributed by atoms with van der Waals surface area (Å²) in [6.45, 7) is 4.23. The van der Waals surface area contributed by atoms with Gasteiger partial charge in [0.1, 0.15) is 12.1 Å². The van der Waals surface area contributed by atoms with Gasteiger partial charge in [-0.3, -0.25) is 9.59 Å². The number of nitrogens with two attached hydrogens (primary N) is 1. The fourth-order valence-corrected chi connectivity index (χ4v) is 4.35. The highest BCUT2D eigenvalue weighted by atomic mass is 16.2. The second-order valence-electron chi connectivity index (χ2n) is 7.71. The van der Waals surface area contributed by atoms with Gasteiger partial charge in [-0.1, -0.05) is 13.8 Å². The Balaban J connectivity index is 1.78. The van der Waals surface area contributed by atoms with E-state index in [-0.39, 0.29) is 23.8 Å². The van der Waals surface area contributed by atoms with Gasteiger partial charge in [0, 0.05) is 12.5 Å². The summed E-state index contributed by atoms with van der Waals surface area (Å²) in [5.74, 6) is 1.13. The quantitative estimate of drug-likeness (QED) is 0.841. The molecule has 6 unspecified atom stereocenters. The molecule has 5 heteroatoms. The van der Waals surface area contributed by atoms with E-state index in [1.54, 1.807) is 11.0 Å². The Morgan fingerprint density at radius 1 is 1.30 bits per heavy atom. The van der Waals surface area contributed by atoms with Gasteiger partial charge >= 0.3 is 0 Å². The van der Waals surface area contributed by atoms with Crippen molar-refractivity contribution >= 4 is 11.7 Å². The number of amides is 1. The van der Waals surface area contributed by atoms with Gasteiger partial charge in [-0.15, -0.1) is 0 Å². The number of likely N-dealkylation sites (tertiary alicyclic amines) is 1. The van der Waals surface area contributed by atoms with Gasteiger partial charge < -0.3 is 10.6 Å². The molecule has 1 saturated carbocycles. The number of piperidine rings is 1. The molecule has 23 heavy (non-hydrogen) atoms. The van der Waals surface area contributed by atoms with Crippen molar-refractivity contribution in [2.75, 3.05) is 0 Å². The Labute approximate surface area is 137 Å². The predicted molar refractivity (Wildman–Crippen MR) is 86.0 cm³/mol. The molecule has 0 radical (unpaired) electrons. The molecule has 0 aromatic heterocycles. The largest absolute Gasteiger partial charge is 0.322 e. The van der Waals surface area contributed by atoms with Crippen LogP contribution in [-0.4, -0.2) is 34.7 Å². The predicted octanol–water partition coefficient (Wildman–Crippen LogP) is 1.78. The molecule has 6 atom stereocenters. The number of nitriles is 1. The molecule has 0 bridgehead atoms. The van der Waals surface area contributed by atoms with E-state index in [0.29, 0.717) is 30.6 Å². The van der Waals surface area contributed by atoms with Crippen molar-refractivity contribution in [3.8, 4) is 6.07 Å². The van der Waals surface area contributed by atoms with Gasteiger partial charge in [0.05, 0.1) is 6.07 Å². The van der Waals surface area contributed by atoms with Crippen LogP contribution in [0.25, 0.3) is 0 Å². The lowest BCUT2D eigenvalue weighted by Gasteiger charge is -2.29. The van der Waals surface area contributed by atoms with Crippen molar-refractivity contribution in [3.63, 3.8) is 0 Å². The highest BCUT2D eigenvalue weighted by Crippen LogP contribution is 2.48. The van der Waals surface area contributed by atoms with Crippen LogP contribution in [0, 0.1) is 29.1 Å². The minimum atomic E-state index is -0.787. The number of carbonyl (C=O) groups is 2. The third-order valence-electron chi connectivity index (χ3n) is 5.46. The van der Waals surface area contributed by atoms with E-state index in [2.05, 4.69) is 19.9 Å². The van der Waals surface area contributed by atoms with Crippen molar-refractivity contribution in [2.45, 2.75) is 64.1 Å². The second kappa shape index (κ2) is 6.09. The van der Waals surface area contributed by atoms with Crippen molar-refractivity contribution in [1.82, 2.24) is 4.90 Å². The summed E-state index contributed by atoms with van der Waals surface area (Å²) in [4.78, 5) is 26.6. The Kier molecular flexibility index (Phi) is 4.29. The molecule has 0 aromatic rings.